The third kappa shape index (κ3) is 3.00. The normalized spacial score (nSPS) is 10.4. The van der Waals surface area contributed by atoms with Gasteiger partial charge in [0, 0.05) is 23.1 Å². The summed E-state index contributed by atoms with van der Waals surface area (Å²) >= 11 is 7.08. The first-order valence-corrected chi connectivity index (χ1v) is 6.75. The van der Waals surface area contributed by atoms with Crippen LogP contribution in [-0.2, 0) is 6.42 Å². The molecule has 0 unspecified atom stereocenters. The standard InChI is InChI=1S/C13H10ClNO3S/c1-8-4-5-19-13(8)12(16)6-9-2-3-10(14)7-11(9)15(17)18/h2-5,7H,6H2,1H3. The Hall–Kier alpha value is -1.72. The van der Waals surface area contributed by atoms with Gasteiger partial charge in [0.1, 0.15) is 0 Å². The molecular weight excluding hydrogens is 286 g/mol. The molecule has 0 saturated carbocycles. The van der Waals surface area contributed by atoms with Crippen molar-refractivity contribution in [2.75, 3.05) is 0 Å². The van der Waals surface area contributed by atoms with Gasteiger partial charge >= 0.3 is 0 Å². The molecule has 6 heteroatoms. The maximum Gasteiger partial charge on any atom is 0.274 e. The lowest BCUT2D eigenvalue weighted by molar-refractivity contribution is -0.385. The van der Waals surface area contributed by atoms with Gasteiger partial charge in [-0.15, -0.1) is 11.3 Å². The maximum absolute atomic E-state index is 12.1. The number of carbonyl (C=O) groups excluding carboxylic acids is 1. The van der Waals surface area contributed by atoms with Crippen molar-refractivity contribution in [3.05, 3.63) is 60.8 Å². The minimum Gasteiger partial charge on any atom is -0.293 e. The fraction of sp³-hybridized carbons (Fsp3) is 0.154. The summed E-state index contributed by atoms with van der Waals surface area (Å²) in [6, 6.07) is 6.21. The summed E-state index contributed by atoms with van der Waals surface area (Å²) in [6.45, 7) is 1.85. The largest absolute Gasteiger partial charge is 0.293 e. The molecule has 0 aliphatic rings. The van der Waals surface area contributed by atoms with Crippen LogP contribution in [0.1, 0.15) is 20.8 Å². The number of nitro groups is 1. The Bertz CT molecular complexity index is 651. The lowest BCUT2D eigenvalue weighted by Gasteiger charge is -2.03. The topological polar surface area (TPSA) is 60.2 Å². The molecule has 0 aliphatic heterocycles. The van der Waals surface area contributed by atoms with E-state index in [2.05, 4.69) is 0 Å². The number of rotatable bonds is 4. The molecule has 1 aromatic heterocycles. The molecule has 0 aliphatic carbocycles. The van der Waals surface area contributed by atoms with E-state index in [1.54, 1.807) is 6.07 Å². The second-order valence-corrected chi connectivity index (χ2v) is 5.42. The van der Waals surface area contributed by atoms with Crippen LogP contribution in [0.3, 0.4) is 0 Å². The highest BCUT2D eigenvalue weighted by molar-refractivity contribution is 7.12. The summed E-state index contributed by atoms with van der Waals surface area (Å²) in [5.41, 5.74) is 1.16. The fourth-order valence-corrected chi connectivity index (χ4v) is 2.80. The van der Waals surface area contributed by atoms with Crippen molar-refractivity contribution in [3.8, 4) is 0 Å². The molecule has 0 amide bonds. The second-order valence-electron chi connectivity index (χ2n) is 4.06. The van der Waals surface area contributed by atoms with Crippen LogP contribution in [-0.4, -0.2) is 10.7 Å². The number of Topliss-reactive ketones (excluding diaryl/α,β-unsaturated/α-hetero) is 1. The number of nitro benzene ring substituents is 1. The van der Waals surface area contributed by atoms with Crippen LogP contribution in [0.15, 0.2) is 29.6 Å². The smallest absolute Gasteiger partial charge is 0.274 e. The molecule has 0 bridgehead atoms. The van der Waals surface area contributed by atoms with Crippen molar-refractivity contribution in [1.82, 2.24) is 0 Å². The minimum absolute atomic E-state index is 0.00877. The van der Waals surface area contributed by atoms with E-state index in [4.69, 9.17) is 11.6 Å². The summed E-state index contributed by atoms with van der Waals surface area (Å²) in [6.07, 6.45) is 0.00877. The Balaban J connectivity index is 2.32. The molecule has 2 rings (SSSR count). The molecular formula is C13H10ClNO3S. The first-order valence-electron chi connectivity index (χ1n) is 5.49. The SMILES string of the molecule is Cc1ccsc1C(=O)Cc1ccc(Cl)cc1[N+](=O)[O-]. The van der Waals surface area contributed by atoms with Crippen LogP contribution in [0.5, 0.6) is 0 Å². The Labute approximate surface area is 118 Å². The summed E-state index contributed by atoms with van der Waals surface area (Å²) < 4.78 is 0. The van der Waals surface area contributed by atoms with Gasteiger partial charge in [-0.1, -0.05) is 17.7 Å². The van der Waals surface area contributed by atoms with Crippen molar-refractivity contribution in [3.63, 3.8) is 0 Å². The van der Waals surface area contributed by atoms with Crippen molar-refractivity contribution in [2.45, 2.75) is 13.3 Å². The molecule has 98 valence electrons. The molecule has 2 aromatic rings. The number of aryl methyl sites for hydroxylation is 1. The van der Waals surface area contributed by atoms with E-state index < -0.39 is 4.92 Å². The number of carbonyl (C=O) groups is 1. The third-order valence-corrected chi connectivity index (χ3v) is 4.00. The van der Waals surface area contributed by atoms with E-state index in [0.717, 1.165) is 5.56 Å². The average molecular weight is 296 g/mol. The molecule has 1 heterocycles. The zero-order chi connectivity index (χ0) is 14.0. The number of hydrogen-bond acceptors (Lipinski definition) is 4. The molecule has 0 saturated heterocycles. The van der Waals surface area contributed by atoms with Gasteiger partial charge in [-0.05, 0) is 30.0 Å². The monoisotopic (exact) mass is 295 g/mol. The highest BCUT2D eigenvalue weighted by Gasteiger charge is 2.19. The van der Waals surface area contributed by atoms with Crippen LogP contribution >= 0.6 is 22.9 Å². The predicted molar refractivity (Wildman–Crippen MR) is 75.2 cm³/mol. The molecule has 0 radical (unpaired) electrons. The molecule has 1 aromatic carbocycles. The van der Waals surface area contributed by atoms with Crippen molar-refractivity contribution in [2.24, 2.45) is 0 Å². The fourth-order valence-electron chi connectivity index (χ4n) is 1.77. The summed E-state index contributed by atoms with van der Waals surface area (Å²) in [5, 5.41) is 13.1. The number of ketones is 1. The van der Waals surface area contributed by atoms with Gasteiger partial charge in [0.2, 0.25) is 0 Å². The van der Waals surface area contributed by atoms with Crippen LogP contribution in [0.25, 0.3) is 0 Å². The number of nitrogens with zero attached hydrogens (tertiary/aromatic N) is 1. The Morgan fingerprint density at radius 3 is 2.74 bits per heavy atom. The third-order valence-electron chi connectivity index (χ3n) is 2.71. The Morgan fingerprint density at radius 2 is 2.16 bits per heavy atom. The Morgan fingerprint density at radius 1 is 1.42 bits per heavy atom. The van der Waals surface area contributed by atoms with Crippen molar-refractivity contribution >= 4 is 34.4 Å². The lowest BCUT2D eigenvalue weighted by atomic mass is 10.0. The molecule has 0 fully saturated rings. The first kappa shape index (κ1) is 13.7. The molecule has 19 heavy (non-hydrogen) atoms. The van der Waals surface area contributed by atoms with E-state index >= 15 is 0 Å². The second kappa shape index (κ2) is 5.50. The number of benzene rings is 1. The molecule has 0 N–H and O–H groups in total. The van der Waals surface area contributed by atoms with E-state index in [0.29, 0.717) is 10.4 Å². The van der Waals surface area contributed by atoms with Gasteiger partial charge in [-0.25, -0.2) is 0 Å². The zero-order valence-corrected chi connectivity index (χ0v) is 11.6. The number of hydrogen-bond donors (Lipinski definition) is 0. The van der Waals surface area contributed by atoms with Gasteiger partial charge in [0.25, 0.3) is 5.69 Å². The molecule has 0 spiro atoms. The van der Waals surface area contributed by atoms with Gasteiger partial charge in [-0.2, -0.15) is 0 Å². The lowest BCUT2D eigenvalue weighted by Crippen LogP contribution is -2.05. The Kier molecular flexibility index (Phi) is 3.97. The number of thiophene rings is 1. The van der Waals surface area contributed by atoms with Crippen LogP contribution < -0.4 is 0 Å². The highest BCUT2D eigenvalue weighted by atomic mass is 35.5. The quantitative estimate of drug-likeness (QED) is 0.486. The summed E-state index contributed by atoms with van der Waals surface area (Å²) in [7, 11) is 0. The molecule has 4 nitrogen and oxygen atoms in total. The van der Waals surface area contributed by atoms with Crippen LogP contribution in [0.4, 0.5) is 5.69 Å². The number of halogens is 1. The summed E-state index contributed by atoms with van der Waals surface area (Å²) in [5.74, 6) is -0.113. The van der Waals surface area contributed by atoms with Gasteiger partial charge in [0.05, 0.1) is 9.80 Å². The van der Waals surface area contributed by atoms with Gasteiger partial charge in [0.15, 0.2) is 5.78 Å². The predicted octanol–water partition coefficient (Wildman–Crippen LogP) is 4.04. The van der Waals surface area contributed by atoms with Crippen molar-refractivity contribution < 1.29 is 9.72 Å². The van der Waals surface area contributed by atoms with Crippen LogP contribution in [0, 0.1) is 17.0 Å². The van der Waals surface area contributed by atoms with E-state index in [1.807, 2.05) is 18.4 Å². The van der Waals surface area contributed by atoms with E-state index in [-0.39, 0.29) is 22.9 Å². The summed E-state index contributed by atoms with van der Waals surface area (Å²) in [4.78, 5) is 23.2. The molecule has 0 atom stereocenters. The van der Waals surface area contributed by atoms with E-state index in [1.165, 1.54) is 23.5 Å². The minimum atomic E-state index is -0.518. The van der Waals surface area contributed by atoms with Crippen LogP contribution in [0.2, 0.25) is 5.02 Å². The van der Waals surface area contributed by atoms with Gasteiger partial charge in [-0.3, -0.25) is 14.9 Å². The first-order chi connectivity index (χ1) is 8.99. The van der Waals surface area contributed by atoms with Crippen molar-refractivity contribution in [1.29, 1.82) is 0 Å². The average Bonchev–Trinajstić information content (AvgIpc) is 2.77. The van der Waals surface area contributed by atoms with E-state index in [9.17, 15) is 14.9 Å². The highest BCUT2D eigenvalue weighted by Crippen LogP contribution is 2.26. The van der Waals surface area contributed by atoms with Gasteiger partial charge < -0.3 is 0 Å². The zero-order valence-electron chi connectivity index (χ0n) is 10.1. The maximum atomic E-state index is 12.1.